The summed E-state index contributed by atoms with van der Waals surface area (Å²) in [5.74, 6) is -2.15. The molecule has 30 heavy (non-hydrogen) atoms. The van der Waals surface area contributed by atoms with E-state index in [-0.39, 0.29) is 5.82 Å². The summed E-state index contributed by atoms with van der Waals surface area (Å²) in [4.78, 5) is 18.7. The van der Waals surface area contributed by atoms with Gasteiger partial charge < -0.3 is 20.1 Å². The number of nitrogens with one attached hydrogen (secondary N) is 1. The number of carbonyl (C=O) groups excluding carboxylic acids is 1. The number of aliphatic hydroxyl groups is 1. The number of para-hydroxylation sites is 1. The number of methoxy groups -OCH3 is 1. The van der Waals surface area contributed by atoms with E-state index in [9.17, 15) is 18.7 Å². The topological polar surface area (TPSA) is 74.7 Å². The summed E-state index contributed by atoms with van der Waals surface area (Å²) >= 11 is 0. The second-order valence-electron chi connectivity index (χ2n) is 7.19. The van der Waals surface area contributed by atoms with Gasteiger partial charge in [-0.2, -0.15) is 0 Å². The SMILES string of the molecule is COc1cccc2ccc(NC(=O)c3c(F)cc(N4CCC(O)CC4)cc3F)nc12. The summed E-state index contributed by atoms with van der Waals surface area (Å²) in [6.45, 7) is 0.989. The largest absolute Gasteiger partial charge is 0.494 e. The van der Waals surface area contributed by atoms with Gasteiger partial charge >= 0.3 is 0 Å². The first-order valence-corrected chi connectivity index (χ1v) is 9.63. The van der Waals surface area contributed by atoms with Crippen molar-refractivity contribution in [3.05, 3.63) is 59.7 Å². The number of fused-ring (bicyclic) bond motifs is 1. The summed E-state index contributed by atoms with van der Waals surface area (Å²) in [6, 6.07) is 11.0. The van der Waals surface area contributed by atoms with Gasteiger partial charge in [0.25, 0.3) is 5.91 Å². The summed E-state index contributed by atoms with van der Waals surface area (Å²) in [6.07, 6.45) is 0.666. The standard InChI is InChI=1S/C22H21F2N3O3/c1-30-18-4-2-3-13-5-6-19(25-21(13)18)26-22(29)20-16(23)11-14(12-17(20)24)27-9-7-15(28)8-10-27/h2-6,11-12,15,28H,7-10H2,1H3,(H,25,26,29). The lowest BCUT2D eigenvalue weighted by molar-refractivity contribution is 0.101. The monoisotopic (exact) mass is 413 g/mol. The zero-order chi connectivity index (χ0) is 21.3. The van der Waals surface area contributed by atoms with E-state index in [1.54, 1.807) is 23.1 Å². The number of halogens is 2. The molecular formula is C22H21F2N3O3. The number of aliphatic hydroxyl groups excluding tert-OH is 1. The van der Waals surface area contributed by atoms with Crippen LogP contribution in [0.15, 0.2) is 42.5 Å². The number of carbonyl (C=O) groups is 1. The molecule has 1 fully saturated rings. The van der Waals surface area contributed by atoms with Crippen LogP contribution in [0.25, 0.3) is 10.9 Å². The average Bonchev–Trinajstić information content (AvgIpc) is 2.73. The first-order valence-electron chi connectivity index (χ1n) is 9.63. The summed E-state index contributed by atoms with van der Waals surface area (Å²) in [5, 5.41) is 12.9. The zero-order valence-corrected chi connectivity index (χ0v) is 16.4. The minimum Gasteiger partial charge on any atom is -0.494 e. The van der Waals surface area contributed by atoms with Crippen LogP contribution in [0.2, 0.25) is 0 Å². The van der Waals surface area contributed by atoms with Gasteiger partial charge in [-0.1, -0.05) is 12.1 Å². The number of aromatic nitrogens is 1. The molecule has 1 saturated heterocycles. The molecule has 2 N–H and O–H groups in total. The number of pyridine rings is 1. The van der Waals surface area contributed by atoms with Crippen molar-refractivity contribution in [1.82, 2.24) is 4.98 Å². The molecule has 3 aromatic rings. The van der Waals surface area contributed by atoms with Gasteiger partial charge in [0, 0.05) is 24.2 Å². The number of rotatable bonds is 4. The van der Waals surface area contributed by atoms with Crippen molar-refractivity contribution in [3.8, 4) is 5.75 Å². The molecule has 0 bridgehead atoms. The van der Waals surface area contributed by atoms with Crippen molar-refractivity contribution >= 4 is 28.3 Å². The molecule has 0 spiro atoms. The van der Waals surface area contributed by atoms with Crippen LogP contribution in [0.3, 0.4) is 0 Å². The third-order valence-corrected chi connectivity index (χ3v) is 5.23. The van der Waals surface area contributed by atoms with Crippen LogP contribution in [0.1, 0.15) is 23.2 Å². The highest BCUT2D eigenvalue weighted by Crippen LogP contribution is 2.27. The molecule has 8 heteroatoms. The van der Waals surface area contributed by atoms with E-state index >= 15 is 0 Å². The molecule has 1 aliphatic heterocycles. The fraction of sp³-hybridized carbons (Fsp3) is 0.273. The fourth-order valence-corrected chi connectivity index (χ4v) is 3.62. The molecule has 0 saturated carbocycles. The third kappa shape index (κ3) is 3.91. The maximum atomic E-state index is 14.7. The number of anilines is 2. The van der Waals surface area contributed by atoms with Gasteiger partial charge in [-0.15, -0.1) is 0 Å². The Balaban J connectivity index is 1.58. The number of piperidine rings is 1. The molecule has 6 nitrogen and oxygen atoms in total. The van der Waals surface area contributed by atoms with Crippen molar-refractivity contribution < 1.29 is 23.4 Å². The van der Waals surface area contributed by atoms with Gasteiger partial charge in [0.15, 0.2) is 0 Å². The van der Waals surface area contributed by atoms with Crippen LogP contribution in [-0.4, -0.2) is 42.3 Å². The van der Waals surface area contributed by atoms with Crippen molar-refractivity contribution in [2.45, 2.75) is 18.9 Å². The van der Waals surface area contributed by atoms with Crippen LogP contribution >= 0.6 is 0 Å². The summed E-state index contributed by atoms with van der Waals surface area (Å²) in [7, 11) is 1.51. The predicted molar refractivity (Wildman–Crippen MR) is 110 cm³/mol. The van der Waals surface area contributed by atoms with E-state index in [0.717, 1.165) is 17.5 Å². The average molecular weight is 413 g/mol. The third-order valence-electron chi connectivity index (χ3n) is 5.23. The molecule has 1 aromatic heterocycles. The smallest absolute Gasteiger partial charge is 0.262 e. The lowest BCUT2D eigenvalue weighted by Gasteiger charge is -2.31. The number of hydrogen-bond donors (Lipinski definition) is 2. The van der Waals surface area contributed by atoms with E-state index in [2.05, 4.69) is 10.3 Å². The van der Waals surface area contributed by atoms with E-state index in [4.69, 9.17) is 4.74 Å². The molecule has 156 valence electrons. The van der Waals surface area contributed by atoms with Crippen LogP contribution in [-0.2, 0) is 0 Å². The van der Waals surface area contributed by atoms with Gasteiger partial charge in [0.05, 0.1) is 13.2 Å². The second-order valence-corrected chi connectivity index (χ2v) is 7.19. The predicted octanol–water partition coefficient (Wildman–Crippen LogP) is 3.74. The normalized spacial score (nSPS) is 14.7. The number of hydrogen-bond acceptors (Lipinski definition) is 5. The maximum absolute atomic E-state index is 14.7. The fourth-order valence-electron chi connectivity index (χ4n) is 3.62. The highest BCUT2D eigenvalue weighted by molar-refractivity contribution is 6.05. The Morgan fingerprint density at radius 3 is 2.53 bits per heavy atom. The molecule has 0 aliphatic carbocycles. The number of benzene rings is 2. The molecule has 0 atom stereocenters. The molecule has 0 radical (unpaired) electrons. The maximum Gasteiger partial charge on any atom is 0.262 e. The zero-order valence-electron chi connectivity index (χ0n) is 16.4. The van der Waals surface area contributed by atoms with Crippen LogP contribution in [0.5, 0.6) is 5.75 Å². The van der Waals surface area contributed by atoms with Crippen LogP contribution in [0.4, 0.5) is 20.3 Å². The van der Waals surface area contributed by atoms with Crippen molar-refractivity contribution in [2.24, 2.45) is 0 Å². The molecule has 4 rings (SSSR count). The number of nitrogens with zero attached hydrogens (tertiary/aromatic N) is 2. The highest BCUT2D eigenvalue weighted by atomic mass is 19.1. The molecule has 2 aromatic carbocycles. The molecule has 2 heterocycles. The van der Waals surface area contributed by atoms with Gasteiger partial charge in [-0.3, -0.25) is 4.79 Å². The second kappa shape index (κ2) is 8.23. The Morgan fingerprint density at radius 1 is 1.17 bits per heavy atom. The Morgan fingerprint density at radius 2 is 1.87 bits per heavy atom. The Labute approximate surface area is 172 Å². The van der Waals surface area contributed by atoms with Gasteiger partial charge in [-0.05, 0) is 43.2 Å². The lowest BCUT2D eigenvalue weighted by Crippen LogP contribution is -2.36. The van der Waals surface area contributed by atoms with Crippen LogP contribution < -0.4 is 15.0 Å². The first kappa shape index (κ1) is 20.0. The summed E-state index contributed by atoms with van der Waals surface area (Å²) < 4.78 is 34.6. The molecule has 0 unspecified atom stereocenters. The Bertz CT molecular complexity index is 1080. The number of amides is 1. The van der Waals surface area contributed by atoms with E-state index < -0.39 is 29.2 Å². The molecular weight excluding hydrogens is 392 g/mol. The Kier molecular flexibility index (Phi) is 5.50. The summed E-state index contributed by atoms with van der Waals surface area (Å²) in [5.41, 5.74) is 0.209. The van der Waals surface area contributed by atoms with Gasteiger partial charge in [0.1, 0.15) is 34.3 Å². The van der Waals surface area contributed by atoms with Crippen LogP contribution in [0, 0.1) is 11.6 Å². The number of ether oxygens (including phenoxy) is 1. The quantitative estimate of drug-likeness (QED) is 0.682. The van der Waals surface area contributed by atoms with Crippen molar-refractivity contribution in [3.63, 3.8) is 0 Å². The van der Waals surface area contributed by atoms with E-state index in [1.807, 2.05) is 12.1 Å². The van der Waals surface area contributed by atoms with E-state index in [0.29, 0.717) is 42.9 Å². The molecule has 1 amide bonds. The lowest BCUT2D eigenvalue weighted by atomic mass is 10.1. The molecule has 1 aliphatic rings. The minimum atomic E-state index is -0.952. The van der Waals surface area contributed by atoms with Crippen molar-refractivity contribution in [2.75, 3.05) is 30.4 Å². The van der Waals surface area contributed by atoms with E-state index in [1.165, 1.54) is 7.11 Å². The first-order chi connectivity index (χ1) is 14.5. The minimum absolute atomic E-state index is 0.157. The Hall–Kier alpha value is -3.26. The highest BCUT2D eigenvalue weighted by Gasteiger charge is 2.23. The van der Waals surface area contributed by atoms with Crippen molar-refractivity contribution in [1.29, 1.82) is 0 Å². The van der Waals surface area contributed by atoms with Gasteiger partial charge in [0.2, 0.25) is 0 Å². The van der Waals surface area contributed by atoms with Gasteiger partial charge in [-0.25, -0.2) is 13.8 Å².